The van der Waals surface area contributed by atoms with Crippen molar-refractivity contribution in [3.63, 3.8) is 0 Å². The smallest absolute Gasteiger partial charge is 0.171 e. The molecule has 3 rings (SSSR count). The van der Waals surface area contributed by atoms with Gasteiger partial charge in [-0.2, -0.15) is 0 Å². The van der Waals surface area contributed by atoms with Crippen molar-refractivity contribution in [2.45, 2.75) is 0 Å². The van der Waals surface area contributed by atoms with Crippen molar-refractivity contribution in [1.29, 1.82) is 0 Å². The van der Waals surface area contributed by atoms with Crippen molar-refractivity contribution in [1.82, 2.24) is 0 Å². The predicted molar refractivity (Wildman–Crippen MR) is 64.3 cm³/mol. The van der Waals surface area contributed by atoms with Crippen LogP contribution in [0.1, 0.15) is 20.7 Å². The summed E-state index contributed by atoms with van der Waals surface area (Å²) in [6.45, 7) is 0. The number of carboxylic acids is 1. The number of carbonyl (C=O) groups excluding carboxylic acids is 3. The normalized spacial score (nSPS) is 24.5. The van der Waals surface area contributed by atoms with Crippen molar-refractivity contribution in [3.05, 3.63) is 59.2 Å². The molecule has 0 saturated carbocycles. The molecule has 1 aromatic carbocycles. The van der Waals surface area contributed by atoms with Gasteiger partial charge in [0.1, 0.15) is 0 Å². The molecule has 0 amide bonds. The molecule has 0 unspecified atom stereocenters. The molecule has 2 aliphatic rings. The first-order chi connectivity index (χ1) is 9.09. The standard InChI is InChI=1S/C15H10O4/c16-13-9-3-1-2-4-10(9)14(17)12-7-8(15(18)19)5-6-11(12)13/h1-7,11-12H,(H,18,19)/p-1/t11-,12-/m0/s1. The highest BCUT2D eigenvalue weighted by Crippen LogP contribution is 2.35. The van der Waals surface area contributed by atoms with Gasteiger partial charge in [-0.1, -0.05) is 42.5 Å². The molecule has 0 bridgehead atoms. The Balaban J connectivity index is 2.13. The van der Waals surface area contributed by atoms with Crippen LogP contribution in [0.25, 0.3) is 0 Å². The van der Waals surface area contributed by atoms with Gasteiger partial charge in [-0.15, -0.1) is 0 Å². The van der Waals surface area contributed by atoms with Crippen LogP contribution in [0.2, 0.25) is 0 Å². The van der Waals surface area contributed by atoms with Crippen LogP contribution in [-0.4, -0.2) is 17.5 Å². The summed E-state index contributed by atoms with van der Waals surface area (Å²) < 4.78 is 0. The minimum atomic E-state index is -1.34. The number of hydrogen-bond donors (Lipinski definition) is 0. The Bertz CT molecular complexity index is 666. The van der Waals surface area contributed by atoms with Crippen LogP contribution in [0.3, 0.4) is 0 Å². The Morgan fingerprint density at radius 1 is 1.00 bits per heavy atom. The van der Waals surface area contributed by atoms with Crippen molar-refractivity contribution in [2.24, 2.45) is 11.8 Å². The molecule has 0 spiro atoms. The van der Waals surface area contributed by atoms with Gasteiger partial charge in [-0.3, -0.25) is 9.59 Å². The van der Waals surface area contributed by atoms with E-state index in [1.807, 2.05) is 0 Å². The minimum Gasteiger partial charge on any atom is -0.545 e. The SMILES string of the molecule is O=C([O-])C1=C[C@@H]2C(=O)c3ccccc3C(=O)[C@H]2C=C1. The van der Waals surface area contributed by atoms with Gasteiger partial charge in [-0.25, -0.2) is 0 Å². The topological polar surface area (TPSA) is 74.3 Å². The Hall–Kier alpha value is -2.49. The number of carboxylic acid groups (broad SMARTS) is 1. The molecule has 0 radical (unpaired) electrons. The van der Waals surface area contributed by atoms with E-state index in [4.69, 9.17) is 0 Å². The summed E-state index contributed by atoms with van der Waals surface area (Å²) in [5, 5.41) is 10.8. The molecule has 2 aliphatic carbocycles. The van der Waals surface area contributed by atoms with E-state index in [0.717, 1.165) is 0 Å². The van der Waals surface area contributed by atoms with Crippen LogP contribution in [0.4, 0.5) is 0 Å². The first-order valence-electron chi connectivity index (χ1n) is 5.88. The molecule has 0 N–H and O–H groups in total. The van der Waals surface area contributed by atoms with E-state index >= 15 is 0 Å². The lowest BCUT2D eigenvalue weighted by Gasteiger charge is -2.29. The summed E-state index contributed by atoms with van der Waals surface area (Å²) in [6.07, 6.45) is 4.12. The van der Waals surface area contributed by atoms with Gasteiger partial charge >= 0.3 is 0 Å². The third-order valence-corrected chi connectivity index (χ3v) is 3.53. The lowest BCUT2D eigenvalue weighted by molar-refractivity contribution is -0.298. The maximum Gasteiger partial charge on any atom is 0.171 e. The Labute approximate surface area is 109 Å². The highest BCUT2D eigenvalue weighted by Gasteiger charge is 2.39. The largest absolute Gasteiger partial charge is 0.545 e. The van der Waals surface area contributed by atoms with Crippen LogP contribution in [0.5, 0.6) is 0 Å². The number of hydrogen-bond acceptors (Lipinski definition) is 4. The Kier molecular flexibility index (Phi) is 2.45. The van der Waals surface area contributed by atoms with Crippen LogP contribution in [0, 0.1) is 11.8 Å². The monoisotopic (exact) mass is 253 g/mol. The average molecular weight is 253 g/mol. The summed E-state index contributed by atoms with van der Waals surface area (Å²) in [4.78, 5) is 35.4. The third-order valence-electron chi connectivity index (χ3n) is 3.53. The zero-order valence-electron chi connectivity index (χ0n) is 9.83. The maximum atomic E-state index is 12.3. The van der Waals surface area contributed by atoms with Gasteiger partial charge in [-0.05, 0) is 5.57 Å². The number of Topliss-reactive ketones (excluding diaryl/α,β-unsaturated/α-hetero) is 2. The quantitative estimate of drug-likeness (QED) is 0.732. The van der Waals surface area contributed by atoms with E-state index in [2.05, 4.69) is 0 Å². The Morgan fingerprint density at radius 2 is 1.58 bits per heavy atom. The van der Waals surface area contributed by atoms with Crippen molar-refractivity contribution >= 4 is 17.5 Å². The minimum absolute atomic E-state index is 0.0539. The number of ketones is 2. The molecule has 0 saturated heterocycles. The van der Waals surface area contributed by atoms with Gasteiger partial charge < -0.3 is 9.90 Å². The first-order valence-corrected chi connectivity index (χ1v) is 5.88. The zero-order valence-corrected chi connectivity index (χ0v) is 9.83. The highest BCUT2D eigenvalue weighted by atomic mass is 16.4. The van der Waals surface area contributed by atoms with Crippen LogP contribution in [-0.2, 0) is 4.79 Å². The molecule has 1 aromatic rings. The molecule has 19 heavy (non-hydrogen) atoms. The second-order valence-electron chi connectivity index (χ2n) is 4.59. The van der Waals surface area contributed by atoms with E-state index in [1.54, 1.807) is 24.3 Å². The number of carbonyl (C=O) groups is 3. The zero-order chi connectivity index (χ0) is 13.6. The second kappa shape index (κ2) is 4.02. The van der Waals surface area contributed by atoms with Gasteiger partial charge in [0.15, 0.2) is 11.6 Å². The fraction of sp³-hybridized carbons (Fsp3) is 0.133. The molecule has 0 heterocycles. The molecule has 4 nitrogen and oxygen atoms in total. The molecular formula is C15H9O4-. The molecule has 2 atom stereocenters. The summed E-state index contributed by atoms with van der Waals surface area (Å²) in [5.74, 6) is -3.05. The van der Waals surface area contributed by atoms with E-state index in [0.29, 0.717) is 11.1 Å². The number of rotatable bonds is 1. The highest BCUT2D eigenvalue weighted by molar-refractivity contribution is 6.17. The van der Waals surface area contributed by atoms with Crippen LogP contribution >= 0.6 is 0 Å². The number of aliphatic carboxylic acids is 1. The fourth-order valence-corrected chi connectivity index (χ4v) is 2.58. The third kappa shape index (κ3) is 1.64. The maximum absolute atomic E-state index is 12.3. The van der Waals surface area contributed by atoms with E-state index in [1.165, 1.54) is 18.2 Å². The molecule has 0 fully saturated rings. The first kappa shape index (κ1) is 11.6. The summed E-state index contributed by atoms with van der Waals surface area (Å²) in [6, 6.07) is 6.61. The van der Waals surface area contributed by atoms with E-state index in [9.17, 15) is 19.5 Å². The van der Waals surface area contributed by atoms with Crippen LogP contribution in [0.15, 0.2) is 48.1 Å². The molecule has 4 heteroatoms. The van der Waals surface area contributed by atoms with E-state index in [-0.39, 0.29) is 17.1 Å². The summed E-state index contributed by atoms with van der Waals surface area (Å²) in [7, 11) is 0. The van der Waals surface area contributed by atoms with Crippen molar-refractivity contribution in [3.8, 4) is 0 Å². The number of allylic oxidation sites excluding steroid dienone is 2. The Morgan fingerprint density at radius 3 is 2.16 bits per heavy atom. The second-order valence-corrected chi connectivity index (χ2v) is 4.59. The van der Waals surface area contributed by atoms with Gasteiger partial charge in [0, 0.05) is 11.1 Å². The van der Waals surface area contributed by atoms with Gasteiger partial charge in [0.05, 0.1) is 17.8 Å². The lowest BCUT2D eigenvalue weighted by atomic mass is 9.71. The van der Waals surface area contributed by atoms with Crippen molar-refractivity contribution in [2.75, 3.05) is 0 Å². The molecule has 0 aromatic heterocycles. The molecule has 94 valence electrons. The van der Waals surface area contributed by atoms with Gasteiger partial charge in [0.2, 0.25) is 0 Å². The number of fused-ring (bicyclic) bond motifs is 2. The molecular weight excluding hydrogens is 244 g/mol. The number of benzene rings is 1. The summed E-state index contributed by atoms with van der Waals surface area (Å²) >= 11 is 0. The van der Waals surface area contributed by atoms with Crippen molar-refractivity contribution < 1.29 is 19.5 Å². The van der Waals surface area contributed by atoms with E-state index < -0.39 is 17.8 Å². The summed E-state index contributed by atoms with van der Waals surface area (Å²) in [5.41, 5.74) is 0.712. The van der Waals surface area contributed by atoms with Crippen LogP contribution < -0.4 is 5.11 Å². The predicted octanol–water partition coefficient (Wildman–Crippen LogP) is 0.544. The average Bonchev–Trinajstić information content (AvgIpc) is 2.44. The van der Waals surface area contributed by atoms with Gasteiger partial charge in [0.25, 0.3) is 0 Å². The fourth-order valence-electron chi connectivity index (χ4n) is 2.58. The lowest BCUT2D eigenvalue weighted by Crippen LogP contribution is -2.37. The molecule has 0 aliphatic heterocycles.